The zero-order chi connectivity index (χ0) is 13.9. The molecule has 1 amide bonds. The molecule has 0 aromatic carbocycles. The van der Waals surface area contributed by atoms with E-state index in [1.54, 1.807) is 36.4 Å². The molecule has 0 fully saturated rings. The Bertz CT molecular complexity index is 730. The molecule has 3 rings (SSSR count). The summed E-state index contributed by atoms with van der Waals surface area (Å²) in [6.07, 6.45) is 6.59. The smallest absolute Gasteiger partial charge is 0.292 e. The van der Waals surface area contributed by atoms with Crippen molar-refractivity contribution < 1.29 is 4.79 Å². The van der Waals surface area contributed by atoms with Crippen LogP contribution in [0.1, 0.15) is 10.6 Å². The first-order valence-corrected chi connectivity index (χ1v) is 5.99. The van der Waals surface area contributed by atoms with E-state index < -0.39 is 0 Å². The fourth-order valence-electron chi connectivity index (χ4n) is 1.85. The Labute approximate surface area is 114 Å². The van der Waals surface area contributed by atoms with Gasteiger partial charge in [0, 0.05) is 25.6 Å². The molecule has 3 aromatic rings. The number of aromatic nitrogens is 5. The minimum atomic E-state index is -0.307. The molecule has 0 radical (unpaired) electrons. The molecule has 0 bridgehead atoms. The summed E-state index contributed by atoms with van der Waals surface area (Å²) < 4.78 is 1.64. The Morgan fingerprint density at radius 1 is 1.30 bits per heavy atom. The predicted octanol–water partition coefficient (Wildman–Crippen LogP) is 1.46. The first kappa shape index (κ1) is 12.1. The van der Waals surface area contributed by atoms with Gasteiger partial charge in [-0.15, -0.1) is 0 Å². The van der Waals surface area contributed by atoms with Crippen molar-refractivity contribution >= 4 is 11.7 Å². The Morgan fingerprint density at radius 2 is 2.20 bits per heavy atom. The highest BCUT2D eigenvalue weighted by atomic mass is 16.2. The van der Waals surface area contributed by atoms with Crippen molar-refractivity contribution in [3.8, 4) is 11.3 Å². The van der Waals surface area contributed by atoms with Gasteiger partial charge < -0.3 is 9.88 Å². The van der Waals surface area contributed by atoms with E-state index >= 15 is 0 Å². The Kier molecular flexibility index (Phi) is 3.00. The van der Waals surface area contributed by atoms with Gasteiger partial charge in [0.1, 0.15) is 5.82 Å². The largest absolute Gasteiger partial charge is 0.330 e. The second-order valence-electron chi connectivity index (χ2n) is 4.19. The highest BCUT2D eigenvalue weighted by Crippen LogP contribution is 2.23. The fraction of sp³-hybridized carbons (Fsp3) is 0.0769. The summed E-state index contributed by atoms with van der Waals surface area (Å²) in [4.78, 5) is 20.4. The summed E-state index contributed by atoms with van der Waals surface area (Å²) in [6, 6.07) is 5.55. The van der Waals surface area contributed by atoms with Crippen LogP contribution in [0.2, 0.25) is 0 Å². The molecule has 20 heavy (non-hydrogen) atoms. The van der Waals surface area contributed by atoms with Crippen molar-refractivity contribution in [3.63, 3.8) is 0 Å². The molecule has 100 valence electrons. The van der Waals surface area contributed by atoms with Crippen molar-refractivity contribution in [1.29, 1.82) is 0 Å². The summed E-state index contributed by atoms with van der Waals surface area (Å²) in [7, 11) is 1.76. The van der Waals surface area contributed by atoms with Gasteiger partial charge in [-0.25, -0.2) is 4.98 Å². The van der Waals surface area contributed by atoms with E-state index in [1.165, 1.54) is 0 Å². The second-order valence-corrected chi connectivity index (χ2v) is 4.19. The van der Waals surface area contributed by atoms with Crippen LogP contribution in [0.4, 0.5) is 5.82 Å². The van der Waals surface area contributed by atoms with E-state index in [0.29, 0.717) is 11.6 Å². The average Bonchev–Trinajstić information content (AvgIpc) is 3.08. The maximum Gasteiger partial charge on any atom is 0.292 e. The molecule has 0 saturated carbocycles. The van der Waals surface area contributed by atoms with Gasteiger partial charge in [-0.3, -0.25) is 14.9 Å². The topological polar surface area (TPSA) is 88.5 Å². The van der Waals surface area contributed by atoms with Crippen LogP contribution in [0.15, 0.2) is 43.0 Å². The predicted molar refractivity (Wildman–Crippen MR) is 73.0 cm³/mol. The van der Waals surface area contributed by atoms with Gasteiger partial charge in [0.05, 0.1) is 17.5 Å². The van der Waals surface area contributed by atoms with E-state index in [4.69, 9.17) is 0 Å². The molecule has 0 aliphatic carbocycles. The van der Waals surface area contributed by atoms with E-state index in [2.05, 4.69) is 25.5 Å². The number of amides is 1. The number of nitrogens with one attached hydrogen (secondary N) is 2. The Hall–Kier alpha value is -2.96. The molecule has 3 heterocycles. The van der Waals surface area contributed by atoms with Crippen LogP contribution >= 0.6 is 0 Å². The van der Waals surface area contributed by atoms with Crippen molar-refractivity contribution in [1.82, 2.24) is 24.7 Å². The number of aryl methyl sites for hydroxylation is 1. The maximum absolute atomic E-state index is 12.1. The molecule has 0 saturated heterocycles. The van der Waals surface area contributed by atoms with Crippen molar-refractivity contribution in [2.45, 2.75) is 0 Å². The standard InChI is InChI=1S/C13H12N6O/c1-19-7-6-15-12(19)13(20)17-11-9(8-16-18-11)10-4-2-3-5-14-10/h2-8H,1H3,(H2,16,17,18,20). The van der Waals surface area contributed by atoms with Crippen molar-refractivity contribution in [3.05, 3.63) is 48.8 Å². The summed E-state index contributed by atoms with van der Waals surface area (Å²) in [5, 5.41) is 9.46. The zero-order valence-corrected chi connectivity index (χ0v) is 10.7. The lowest BCUT2D eigenvalue weighted by molar-refractivity contribution is 0.101. The summed E-state index contributed by atoms with van der Waals surface area (Å²) in [6.45, 7) is 0. The lowest BCUT2D eigenvalue weighted by Gasteiger charge is -2.05. The van der Waals surface area contributed by atoms with Gasteiger partial charge in [-0.05, 0) is 12.1 Å². The van der Waals surface area contributed by atoms with E-state index in [-0.39, 0.29) is 5.91 Å². The number of hydrogen-bond acceptors (Lipinski definition) is 4. The van der Waals surface area contributed by atoms with Gasteiger partial charge in [-0.1, -0.05) is 6.07 Å². The Morgan fingerprint density at radius 3 is 2.90 bits per heavy atom. The minimum absolute atomic E-state index is 0.307. The molecule has 3 aromatic heterocycles. The number of aromatic amines is 1. The second kappa shape index (κ2) is 4.96. The van der Waals surface area contributed by atoms with Crippen LogP contribution in [0.25, 0.3) is 11.3 Å². The number of anilines is 1. The van der Waals surface area contributed by atoms with Gasteiger partial charge in [0.2, 0.25) is 0 Å². The molecule has 2 N–H and O–H groups in total. The monoisotopic (exact) mass is 268 g/mol. The van der Waals surface area contributed by atoms with Crippen LogP contribution in [0, 0.1) is 0 Å². The molecule has 0 aliphatic heterocycles. The van der Waals surface area contributed by atoms with Crippen LogP contribution in [-0.4, -0.2) is 30.6 Å². The average molecular weight is 268 g/mol. The third kappa shape index (κ3) is 2.16. The number of rotatable bonds is 3. The zero-order valence-electron chi connectivity index (χ0n) is 10.7. The number of carbonyl (C=O) groups is 1. The normalized spacial score (nSPS) is 10.4. The molecule has 0 spiro atoms. The van der Waals surface area contributed by atoms with Gasteiger partial charge in [0.15, 0.2) is 5.82 Å². The van der Waals surface area contributed by atoms with Gasteiger partial charge in [-0.2, -0.15) is 5.10 Å². The number of imidazole rings is 1. The van der Waals surface area contributed by atoms with Gasteiger partial charge >= 0.3 is 0 Å². The summed E-state index contributed by atoms with van der Waals surface area (Å²) in [5.74, 6) is 0.516. The van der Waals surface area contributed by atoms with E-state index in [9.17, 15) is 4.79 Å². The van der Waals surface area contributed by atoms with Crippen molar-refractivity contribution in [2.24, 2.45) is 7.05 Å². The number of carbonyl (C=O) groups excluding carboxylic acids is 1. The maximum atomic E-state index is 12.1. The first-order valence-electron chi connectivity index (χ1n) is 5.99. The molecular weight excluding hydrogens is 256 g/mol. The summed E-state index contributed by atoms with van der Waals surface area (Å²) >= 11 is 0. The third-order valence-electron chi connectivity index (χ3n) is 2.84. The highest BCUT2D eigenvalue weighted by Gasteiger charge is 2.15. The quantitative estimate of drug-likeness (QED) is 0.752. The van der Waals surface area contributed by atoms with Gasteiger partial charge in [0.25, 0.3) is 5.91 Å². The molecular formula is C13H12N6O. The number of pyridine rings is 1. The van der Waals surface area contributed by atoms with Crippen LogP contribution in [-0.2, 0) is 7.05 Å². The number of nitrogens with zero attached hydrogens (tertiary/aromatic N) is 4. The van der Waals surface area contributed by atoms with Crippen molar-refractivity contribution in [2.75, 3.05) is 5.32 Å². The lowest BCUT2D eigenvalue weighted by atomic mass is 10.2. The first-order chi connectivity index (χ1) is 9.75. The van der Waals surface area contributed by atoms with Crippen LogP contribution in [0.3, 0.4) is 0 Å². The molecule has 0 aliphatic rings. The lowest BCUT2D eigenvalue weighted by Crippen LogP contribution is -2.17. The minimum Gasteiger partial charge on any atom is -0.330 e. The fourth-order valence-corrected chi connectivity index (χ4v) is 1.85. The molecule has 7 nitrogen and oxygen atoms in total. The summed E-state index contributed by atoms with van der Waals surface area (Å²) in [5.41, 5.74) is 1.46. The Balaban J connectivity index is 1.88. The third-order valence-corrected chi connectivity index (χ3v) is 2.84. The molecule has 0 unspecified atom stereocenters. The molecule has 7 heteroatoms. The SMILES string of the molecule is Cn1ccnc1C(=O)Nc1[nH]ncc1-c1ccccn1. The van der Waals surface area contributed by atoms with Crippen LogP contribution in [0.5, 0.6) is 0 Å². The number of hydrogen-bond donors (Lipinski definition) is 2. The van der Waals surface area contributed by atoms with E-state index in [0.717, 1.165) is 11.3 Å². The number of H-pyrrole nitrogens is 1. The van der Waals surface area contributed by atoms with E-state index in [1.807, 2.05) is 18.2 Å². The van der Waals surface area contributed by atoms with Crippen LogP contribution < -0.4 is 5.32 Å². The highest BCUT2D eigenvalue weighted by molar-refractivity contribution is 6.03. The molecule has 0 atom stereocenters.